The first kappa shape index (κ1) is 9.23. The molecule has 14 heavy (non-hydrogen) atoms. The topological polar surface area (TPSA) is 59.3 Å². The van der Waals surface area contributed by atoms with E-state index in [9.17, 15) is 8.42 Å². The number of hydrogen-bond donors (Lipinski definition) is 1. The van der Waals surface area contributed by atoms with Gasteiger partial charge < -0.3 is 4.57 Å². The third kappa shape index (κ3) is 1.30. The Bertz CT molecular complexity index is 583. The van der Waals surface area contributed by atoms with E-state index in [1.807, 2.05) is 12.1 Å². The van der Waals surface area contributed by atoms with Crippen molar-refractivity contribution < 1.29 is 13.0 Å². The fourth-order valence-electron chi connectivity index (χ4n) is 1.51. The number of benzene rings is 1. The van der Waals surface area contributed by atoms with Crippen LogP contribution in [0.15, 0.2) is 35.4 Å². The Morgan fingerprint density at radius 1 is 1.29 bits per heavy atom. The second-order valence-electron chi connectivity index (χ2n) is 3.08. The number of hydrogen-bond acceptors (Lipinski definition) is 2. The van der Waals surface area contributed by atoms with Crippen LogP contribution in [-0.2, 0) is 17.2 Å². The summed E-state index contributed by atoms with van der Waals surface area (Å²) in [5.74, 6) is 0. The third-order valence-electron chi connectivity index (χ3n) is 2.17. The van der Waals surface area contributed by atoms with E-state index in [4.69, 9.17) is 4.55 Å². The highest BCUT2D eigenvalue weighted by molar-refractivity contribution is 7.85. The molecule has 0 amide bonds. The molecule has 1 N–H and O–H groups in total. The van der Waals surface area contributed by atoms with Crippen molar-refractivity contribution in [3.05, 3.63) is 30.3 Å². The van der Waals surface area contributed by atoms with Crippen molar-refractivity contribution in [3.8, 4) is 0 Å². The number of para-hydroxylation sites is 1. The lowest BCUT2D eigenvalue weighted by Gasteiger charge is -1.99. The fraction of sp³-hybridized carbons (Fsp3) is 0.111. The molecule has 4 nitrogen and oxygen atoms in total. The normalized spacial score (nSPS) is 12.1. The number of rotatable bonds is 1. The van der Waals surface area contributed by atoms with Gasteiger partial charge in [0.2, 0.25) is 0 Å². The second kappa shape index (κ2) is 2.83. The molecule has 74 valence electrons. The molecule has 0 aliphatic rings. The van der Waals surface area contributed by atoms with Crippen LogP contribution in [0.5, 0.6) is 0 Å². The molecule has 5 heteroatoms. The van der Waals surface area contributed by atoms with E-state index < -0.39 is 10.1 Å². The van der Waals surface area contributed by atoms with Crippen LogP contribution in [0.4, 0.5) is 0 Å². The molecule has 0 unspecified atom stereocenters. The number of fused-ring (bicyclic) bond motifs is 1. The van der Waals surface area contributed by atoms with Gasteiger partial charge in [-0.05, 0) is 12.1 Å². The zero-order valence-electron chi connectivity index (χ0n) is 7.51. The average molecular weight is 211 g/mol. The van der Waals surface area contributed by atoms with Crippen molar-refractivity contribution in [2.45, 2.75) is 5.03 Å². The quantitative estimate of drug-likeness (QED) is 0.726. The maximum absolute atomic E-state index is 11.0. The van der Waals surface area contributed by atoms with Crippen LogP contribution in [0.2, 0.25) is 0 Å². The van der Waals surface area contributed by atoms with E-state index >= 15 is 0 Å². The maximum Gasteiger partial charge on any atom is 0.310 e. The summed E-state index contributed by atoms with van der Waals surface area (Å²) in [6, 6.07) is 8.67. The van der Waals surface area contributed by atoms with Crippen LogP contribution in [-0.4, -0.2) is 17.5 Å². The van der Waals surface area contributed by atoms with Crippen molar-refractivity contribution in [1.29, 1.82) is 0 Å². The summed E-state index contributed by atoms with van der Waals surface area (Å²) < 4.78 is 32.3. The fourth-order valence-corrected chi connectivity index (χ4v) is 2.23. The molecule has 0 bridgehead atoms. The largest absolute Gasteiger partial charge is 0.333 e. The molecule has 1 aromatic carbocycles. The van der Waals surface area contributed by atoms with Gasteiger partial charge in [-0.1, -0.05) is 18.2 Å². The molecule has 1 heterocycles. The van der Waals surface area contributed by atoms with Gasteiger partial charge in [-0.2, -0.15) is 8.42 Å². The molecule has 2 aromatic rings. The van der Waals surface area contributed by atoms with Gasteiger partial charge >= 0.3 is 10.1 Å². The molecule has 0 fully saturated rings. The number of aryl methyl sites for hydroxylation is 1. The Morgan fingerprint density at radius 2 is 1.93 bits per heavy atom. The average Bonchev–Trinajstić information content (AvgIpc) is 2.44. The minimum atomic E-state index is -4.13. The van der Waals surface area contributed by atoms with E-state index in [2.05, 4.69) is 0 Å². The van der Waals surface area contributed by atoms with Gasteiger partial charge in [0.1, 0.15) is 0 Å². The van der Waals surface area contributed by atoms with Gasteiger partial charge in [-0.3, -0.25) is 4.55 Å². The van der Waals surface area contributed by atoms with Crippen LogP contribution >= 0.6 is 0 Å². The molecular formula is C9H9NO3S. The summed E-state index contributed by atoms with van der Waals surface area (Å²) in [7, 11) is -2.53. The van der Waals surface area contributed by atoms with Crippen molar-refractivity contribution >= 4 is 21.0 Å². The maximum atomic E-state index is 11.0. The predicted molar refractivity (Wildman–Crippen MR) is 52.7 cm³/mol. The minimum Gasteiger partial charge on any atom is -0.333 e. The molecule has 0 aliphatic heterocycles. The number of aromatic nitrogens is 1. The van der Waals surface area contributed by atoms with Crippen LogP contribution in [0.1, 0.15) is 0 Å². The van der Waals surface area contributed by atoms with Crippen LogP contribution in [0, 0.1) is 0 Å². The minimum absolute atomic E-state index is 0.0845. The van der Waals surface area contributed by atoms with E-state index in [1.54, 1.807) is 19.2 Å². The molecule has 0 spiro atoms. The summed E-state index contributed by atoms with van der Waals surface area (Å²) in [6.07, 6.45) is 0. The highest BCUT2D eigenvalue weighted by atomic mass is 32.2. The second-order valence-corrected chi connectivity index (χ2v) is 4.44. The Kier molecular flexibility index (Phi) is 1.87. The molecule has 0 saturated carbocycles. The highest BCUT2D eigenvalue weighted by Crippen LogP contribution is 2.21. The highest BCUT2D eigenvalue weighted by Gasteiger charge is 2.15. The summed E-state index contributed by atoms with van der Waals surface area (Å²) in [5, 5.41) is 0.710. The Balaban J connectivity index is 2.89. The zero-order valence-corrected chi connectivity index (χ0v) is 8.32. The van der Waals surface area contributed by atoms with Gasteiger partial charge in [0.05, 0.1) is 0 Å². The third-order valence-corrected chi connectivity index (χ3v) is 3.09. The summed E-state index contributed by atoms with van der Waals surface area (Å²) >= 11 is 0. The molecule has 2 rings (SSSR count). The standard InChI is InChI=1S/C9H9NO3S/c1-10-8-5-3-2-4-7(8)6-9(10)14(11,12)13/h2-6H,1H3,(H,11,12,13). The first-order chi connectivity index (χ1) is 6.50. The van der Waals surface area contributed by atoms with Gasteiger partial charge in [0, 0.05) is 18.0 Å². The van der Waals surface area contributed by atoms with E-state index in [-0.39, 0.29) is 5.03 Å². The molecule has 1 aromatic heterocycles. The van der Waals surface area contributed by atoms with Gasteiger partial charge in [0.15, 0.2) is 5.03 Å². The molecule has 0 atom stereocenters. The van der Waals surface area contributed by atoms with Gasteiger partial charge in [-0.15, -0.1) is 0 Å². The Hall–Kier alpha value is -1.33. The monoisotopic (exact) mass is 211 g/mol. The van der Waals surface area contributed by atoms with Crippen LogP contribution in [0.25, 0.3) is 10.9 Å². The van der Waals surface area contributed by atoms with Crippen LogP contribution < -0.4 is 0 Å². The molecule has 0 saturated heterocycles. The SMILES string of the molecule is Cn1c(S(=O)(=O)O)cc2ccccc21. The number of nitrogens with zero attached hydrogens (tertiary/aromatic N) is 1. The van der Waals surface area contributed by atoms with E-state index in [0.717, 1.165) is 10.9 Å². The molecular weight excluding hydrogens is 202 g/mol. The summed E-state index contributed by atoms with van der Waals surface area (Å²) in [5.41, 5.74) is 0.778. The lowest BCUT2D eigenvalue weighted by molar-refractivity contribution is 0.475. The summed E-state index contributed by atoms with van der Waals surface area (Å²) in [4.78, 5) is 0. The van der Waals surface area contributed by atoms with Gasteiger partial charge in [-0.25, -0.2) is 0 Å². The summed E-state index contributed by atoms with van der Waals surface area (Å²) in [6.45, 7) is 0. The van der Waals surface area contributed by atoms with Crippen molar-refractivity contribution in [3.63, 3.8) is 0 Å². The van der Waals surface area contributed by atoms with Gasteiger partial charge in [0.25, 0.3) is 0 Å². The Morgan fingerprint density at radius 3 is 2.50 bits per heavy atom. The Labute approximate surface area is 81.5 Å². The zero-order chi connectivity index (χ0) is 10.3. The molecule has 0 radical (unpaired) electrons. The lowest BCUT2D eigenvalue weighted by atomic mass is 10.2. The van der Waals surface area contributed by atoms with E-state index in [0.29, 0.717) is 0 Å². The van der Waals surface area contributed by atoms with Crippen molar-refractivity contribution in [1.82, 2.24) is 4.57 Å². The predicted octanol–water partition coefficient (Wildman–Crippen LogP) is 1.43. The van der Waals surface area contributed by atoms with Crippen molar-refractivity contribution in [2.24, 2.45) is 7.05 Å². The smallest absolute Gasteiger partial charge is 0.310 e. The van der Waals surface area contributed by atoms with Crippen molar-refractivity contribution in [2.75, 3.05) is 0 Å². The lowest BCUT2D eigenvalue weighted by Crippen LogP contribution is -2.04. The van der Waals surface area contributed by atoms with Crippen LogP contribution in [0.3, 0.4) is 0 Å². The first-order valence-electron chi connectivity index (χ1n) is 4.02. The van der Waals surface area contributed by atoms with E-state index in [1.165, 1.54) is 10.6 Å². The molecule has 0 aliphatic carbocycles. The first-order valence-corrected chi connectivity index (χ1v) is 5.46.